The van der Waals surface area contributed by atoms with Crippen molar-refractivity contribution in [3.05, 3.63) is 46.5 Å². The number of carboxylic acids is 1. The van der Waals surface area contributed by atoms with Crippen molar-refractivity contribution in [1.29, 1.82) is 0 Å². The third-order valence-electron chi connectivity index (χ3n) is 2.27. The normalized spacial score (nSPS) is 10.5. The molecular formula is C11H8ClFN2O2. The van der Waals surface area contributed by atoms with Gasteiger partial charge in [-0.05, 0) is 25.1 Å². The van der Waals surface area contributed by atoms with Crippen LogP contribution in [-0.2, 0) is 0 Å². The molecule has 0 spiro atoms. The second kappa shape index (κ2) is 4.18. The Labute approximate surface area is 101 Å². The summed E-state index contributed by atoms with van der Waals surface area (Å²) >= 11 is 5.84. The van der Waals surface area contributed by atoms with Gasteiger partial charge in [0, 0.05) is 6.20 Å². The highest BCUT2D eigenvalue weighted by molar-refractivity contribution is 6.31. The van der Waals surface area contributed by atoms with Gasteiger partial charge in [-0.3, -0.25) is 0 Å². The summed E-state index contributed by atoms with van der Waals surface area (Å²) in [6.07, 6.45) is 1.48. The van der Waals surface area contributed by atoms with Gasteiger partial charge in [-0.1, -0.05) is 11.6 Å². The van der Waals surface area contributed by atoms with Gasteiger partial charge in [0.2, 0.25) is 0 Å². The minimum Gasteiger partial charge on any atom is -0.478 e. The molecule has 0 aliphatic carbocycles. The minimum absolute atomic E-state index is 0.163. The number of hydrogen-bond donors (Lipinski definition) is 1. The van der Waals surface area contributed by atoms with Crippen LogP contribution in [0, 0.1) is 12.7 Å². The SMILES string of the molecule is Cc1nn(-c2ccc(F)cc2C(=O)O)cc1Cl. The Balaban J connectivity index is 2.62. The summed E-state index contributed by atoms with van der Waals surface area (Å²) in [4.78, 5) is 11.0. The number of halogens is 2. The van der Waals surface area contributed by atoms with Crippen molar-refractivity contribution in [2.24, 2.45) is 0 Å². The topological polar surface area (TPSA) is 55.1 Å². The van der Waals surface area contributed by atoms with Gasteiger partial charge >= 0.3 is 5.97 Å². The highest BCUT2D eigenvalue weighted by Gasteiger charge is 2.14. The van der Waals surface area contributed by atoms with Crippen LogP contribution in [0.25, 0.3) is 5.69 Å². The molecule has 17 heavy (non-hydrogen) atoms. The van der Waals surface area contributed by atoms with Crippen LogP contribution in [0.3, 0.4) is 0 Å². The Kier molecular flexibility index (Phi) is 2.85. The van der Waals surface area contributed by atoms with Gasteiger partial charge in [-0.25, -0.2) is 13.9 Å². The maximum Gasteiger partial charge on any atom is 0.338 e. The molecule has 1 aromatic carbocycles. The molecule has 2 aromatic rings. The van der Waals surface area contributed by atoms with E-state index in [0.29, 0.717) is 10.7 Å². The predicted molar refractivity (Wildman–Crippen MR) is 60.2 cm³/mol. The molecule has 88 valence electrons. The van der Waals surface area contributed by atoms with Crippen LogP contribution >= 0.6 is 11.6 Å². The summed E-state index contributed by atoms with van der Waals surface area (Å²) in [7, 11) is 0. The number of aromatic nitrogens is 2. The lowest BCUT2D eigenvalue weighted by Gasteiger charge is -2.05. The van der Waals surface area contributed by atoms with E-state index in [1.165, 1.54) is 23.0 Å². The average Bonchev–Trinajstić information content (AvgIpc) is 2.59. The molecule has 0 saturated carbocycles. The first-order valence-electron chi connectivity index (χ1n) is 4.74. The van der Waals surface area contributed by atoms with Gasteiger partial charge in [0.1, 0.15) is 5.82 Å². The first kappa shape index (κ1) is 11.6. The molecule has 0 radical (unpaired) electrons. The smallest absolute Gasteiger partial charge is 0.338 e. The van der Waals surface area contributed by atoms with Gasteiger partial charge in [0.05, 0.1) is 22.0 Å². The molecular weight excluding hydrogens is 247 g/mol. The van der Waals surface area contributed by atoms with Crippen LogP contribution in [0.2, 0.25) is 5.02 Å². The molecule has 0 amide bonds. The van der Waals surface area contributed by atoms with Crippen LogP contribution in [0.5, 0.6) is 0 Å². The van der Waals surface area contributed by atoms with E-state index >= 15 is 0 Å². The maximum atomic E-state index is 13.0. The Morgan fingerprint density at radius 3 is 2.76 bits per heavy atom. The van der Waals surface area contributed by atoms with E-state index < -0.39 is 11.8 Å². The van der Waals surface area contributed by atoms with Crippen LogP contribution in [0.1, 0.15) is 16.1 Å². The molecule has 0 unspecified atom stereocenters. The van der Waals surface area contributed by atoms with Crippen molar-refractivity contribution in [2.45, 2.75) is 6.92 Å². The lowest BCUT2D eigenvalue weighted by atomic mass is 10.2. The summed E-state index contributed by atoms with van der Waals surface area (Å²) in [5.74, 6) is -1.83. The molecule has 0 aliphatic heterocycles. The number of aromatic carboxylic acids is 1. The number of carbonyl (C=O) groups is 1. The van der Waals surface area contributed by atoms with E-state index in [1.54, 1.807) is 6.92 Å². The minimum atomic E-state index is -1.22. The van der Waals surface area contributed by atoms with Crippen LogP contribution in [0.4, 0.5) is 4.39 Å². The van der Waals surface area contributed by atoms with E-state index in [0.717, 1.165) is 6.07 Å². The standard InChI is InChI=1S/C11H8ClFN2O2/c1-6-9(12)5-15(14-6)10-3-2-7(13)4-8(10)11(16)17/h2-5H,1H3,(H,16,17). The quantitative estimate of drug-likeness (QED) is 0.896. The average molecular weight is 255 g/mol. The van der Waals surface area contributed by atoms with E-state index in [2.05, 4.69) is 5.10 Å². The second-order valence-electron chi connectivity index (χ2n) is 3.47. The number of benzene rings is 1. The second-order valence-corrected chi connectivity index (χ2v) is 3.88. The molecule has 2 rings (SSSR count). The largest absolute Gasteiger partial charge is 0.478 e. The molecule has 0 atom stereocenters. The number of carboxylic acid groups (broad SMARTS) is 1. The first-order valence-corrected chi connectivity index (χ1v) is 5.12. The molecule has 1 N–H and O–H groups in total. The maximum absolute atomic E-state index is 13.0. The molecule has 1 heterocycles. The van der Waals surface area contributed by atoms with E-state index in [-0.39, 0.29) is 11.3 Å². The van der Waals surface area contributed by atoms with Crippen molar-refractivity contribution in [3.63, 3.8) is 0 Å². The van der Waals surface area contributed by atoms with Crippen molar-refractivity contribution in [3.8, 4) is 5.69 Å². The predicted octanol–water partition coefficient (Wildman–Crippen LogP) is 2.67. The lowest BCUT2D eigenvalue weighted by Crippen LogP contribution is -2.06. The highest BCUT2D eigenvalue weighted by Crippen LogP contribution is 2.20. The molecule has 4 nitrogen and oxygen atoms in total. The zero-order valence-corrected chi connectivity index (χ0v) is 9.57. The lowest BCUT2D eigenvalue weighted by molar-refractivity contribution is 0.0696. The fourth-order valence-corrected chi connectivity index (χ4v) is 1.57. The Morgan fingerprint density at radius 2 is 2.24 bits per heavy atom. The van der Waals surface area contributed by atoms with Crippen LogP contribution in [0.15, 0.2) is 24.4 Å². The summed E-state index contributed by atoms with van der Waals surface area (Å²) < 4.78 is 14.3. The molecule has 0 aliphatic rings. The molecule has 6 heteroatoms. The van der Waals surface area contributed by atoms with Gasteiger partial charge < -0.3 is 5.11 Å². The summed E-state index contributed by atoms with van der Waals surface area (Å²) in [5, 5.41) is 13.5. The zero-order chi connectivity index (χ0) is 12.6. The number of aryl methyl sites for hydroxylation is 1. The van der Waals surface area contributed by atoms with Crippen LogP contribution < -0.4 is 0 Å². The van der Waals surface area contributed by atoms with Gasteiger partial charge in [-0.2, -0.15) is 5.10 Å². The molecule has 0 bridgehead atoms. The highest BCUT2D eigenvalue weighted by atomic mass is 35.5. The zero-order valence-electron chi connectivity index (χ0n) is 8.82. The Morgan fingerprint density at radius 1 is 1.53 bits per heavy atom. The van der Waals surface area contributed by atoms with Crippen molar-refractivity contribution in [1.82, 2.24) is 9.78 Å². The monoisotopic (exact) mass is 254 g/mol. The molecule has 0 fully saturated rings. The Hall–Kier alpha value is -1.88. The third-order valence-corrected chi connectivity index (χ3v) is 2.65. The Bertz CT molecular complexity index is 576. The van der Waals surface area contributed by atoms with E-state index in [1.807, 2.05) is 0 Å². The van der Waals surface area contributed by atoms with Crippen molar-refractivity contribution < 1.29 is 14.3 Å². The fraction of sp³-hybridized carbons (Fsp3) is 0.0909. The number of rotatable bonds is 2. The van der Waals surface area contributed by atoms with Gasteiger partial charge in [0.15, 0.2) is 0 Å². The van der Waals surface area contributed by atoms with E-state index in [4.69, 9.17) is 16.7 Å². The van der Waals surface area contributed by atoms with E-state index in [9.17, 15) is 9.18 Å². The van der Waals surface area contributed by atoms with Crippen LogP contribution in [-0.4, -0.2) is 20.9 Å². The van der Waals surface area contributed by atoms with Crippen molar-refractivity contribution in [2.75, 3.05) is 0 Å². The van der Waals surface area contributed by atoms with Crippen molar-refractivity contribution >= 4 is 17.6 Å². The number of nitrogens with zero attached hydrogens (tertiary/aromatic N) is 2. The fourth-order valence-electron chi connectivity index (χ4n) is 1.44. The summed E-state index contributed by atoms with van der Waals surface area (Å²) in [5.41, 5.74) is 0.686. The molecule has 1 aromatic heterocycles. The number of hydrogen-bond acceptors (Lipinski definition) is 2. The summed E-state index contributed by atoms with van der Waals surface area (Å²) in [6.45, 7) is 1.70. The first-order chi connectivity index (χ1) is 7.99. The van der Waals surface area contributed by atoms with Gasteiger partial charge in [0.25, 0.3) is 0 Å². The van der Waals surface area contributed by atoms with Gasteiger partial charge in [-0.15, -0.1) is 0 Å². The molecule has 0 saturated heterocycles. The third kappa shape index (κ3) is 2.14. The summed E-state index contributed by atoms with van der Waals surface area (Å²) in [6, 6.07) is 3.47.